The second kappa shape index (κ2) is 7.70. The number of rotatable bonds is 8. The summed E-state index contributed by atoms with van der Waals surface area (Å²) in [5, 5.41) is 2.67. The molecule has 0 atom stereocenters. The van der Waals surface area contributed by atoms with E-state index in [1.807, 2.05) is 5.38 Å². The van der Waals surface area contributed by atoms with Crippen LogP contribution in [0.2, 0.25) is 0 Å². The summed E-state index contributed by atoms with van der Waals surface area (Å²) in [6, 6.07) is 4.46. The van der Waals surface area contributed by atoms with Gasteiger partial charge in [0, 0.05) is 11.9 Å². The van der Waals surface area contributed by atoms with E-state index in [9.17, 15) is 13.2 Å². The Morgan fingerprint density at radius 1 is 1.19 bits per heavy atom. The highest BCUT2D eigenvalue weighted by Crippen LogP contribution is 2.16. The van der Waals surface area contributed by atoms with Crippen molar-refractivity contribution in [2.45, 2.75) is 31.8 Å². The number of imidazole rings is 1. The van der Waals surface area contributed by atoms with Gasteiger partial charge in [0.05, 0.1) is 28.2 Å². The van der Waals surface area contributed by atoms with E-state index in [4.69, 9.17) is 0 Å². The molecule has 2 heterocycles. The maximum Gasteiger partial charge on any atom is 0.323 e. The van der Waals surface area contributed by atoms with Gasteiger partial charge in [0.15, 0.2) is 0 Å². The molecule has 0 unspecified atom stereocenters. The van der Waals surface area contributed by atoms with Crippen LogP contribution in [0, 0.1) is 0 Å². The lowest BCUT2D eigenvalue weighted by atomic mass is 10.3. The smallest absolute Gasteiger partial charge is 0.306 e. The number of sulfonamides is 1. The van der Waals surface area contributed by atoms with E-state index < -0.39 is 10.0 Å². The molecule has 0 aliphatic heterocycles. The molecule has 0 saturated carbocycles. The Bertz CT molecular complexity index is 1050. The monoisotopic (exact) mass is 395 g/mol. The molecule has 2 aromatic heterocycles. The lowest BCUT2D eigenvalue weighted by Crippen LogP contribution is -2.24. The van der Waals surface area contributed by atoms with Crippen molar-refractivity contribution in [3.05, 3.63) is 44.8 Å². The first-order valence-corrected chi connectivity index (χ1v) is 10.6. The van der Waals surface area contributed by atoms with E-state index in [-0.39, 0.29) is 17.1 Å². The molecule has 0 amide bonds. The van der Waals surface area contributed by atoms with E-state index in [0.717, 1.165) is 25.3 Å². The lowest BCUT2D eigenvalue weighted by Gasteiger charge is -2.15. The maximum atomic E-state index is 12.5. The van der Waals surface area contributed by atoms with Gasteiger partial charge in [0.2, 0.25) is 10.0 Å². The van der Waals surface area contributed by atoms with E-state index >= 15 is 0 Å². The number of hydrogen-bond acceptors (Lipinski definition) is 6. The minimum Gasteiger partial charge on any atom is -0.306 e. The fourth-order valence-electron chi connectivity index (χ4n) is 2.60. The number of hydrogen-bond donors (Lipinski definition) is 3. The van der Waals surface area contributed by atoms with Crippen molar-refractivity contribution >= 4 is 32.4 Å². The second-order valence-corrected chi connectivity index (χ2v) is 8.51. The largest absolute Gasteiger partial charge is 0.323 e. The van der Waals surface area contributed by atoms with Crippen LogP contribution in [0.25, 0.3) is 11.0 Å². The number of H-pyrrole nitrogens is 2. The quantitative estimate of drug-likeness (QED) is 0.537. The fraction of sp³-hybridized carbons (Fsp3) is 0.375. The Hall–Kier alpha value is -2.01. The lowest BCUT2D eigenvalue weighted by molar-refractivity contribution is 0.292. The van der Waals surface area contributed by atoms with Crippen LogP contribution in [0.4, 0.5) is 0 Å². The molecule has 3 aromatic rings. The van der Waals surface area contributed by atoms with Crippen LogP contribution in [-0.4, -0.2) is 41.4 Å². The molecular weight excluding hydrogens is 374 g/mol. The van der Waals surface area contributed by atoms with Gasteiger partial charge in [-0.05, 0) is 31.3 Å². The highest BCUT2D eigenvalue weighted by atomic mass is 32.2. The van der Waals surface area contributed by atoms with Crippen molar-refractivity contribution in [3.8, 4) is 0 Å². The normalized spacial score (nSPS) is 12.3. The number of thiazole rings is 1. The number of benzene rings is 1. The van der Waals surface area contributed by atoms with Crippen molar-refractivity contribution in [2.24, 2.45) is 0 Å². The first-order chi connectivity index (χ1) is 12.4. The minimum absolute atomic E-state index is 0.0974. The van der Waals surface area contributed by atoms with Crippen LogP contribution in [0.3, 0.4) is 0 Å². The number of nitrogens with one attached hydrogen (secondary N) is 3. The number of fused-ring (bicyclic) bond motifs is 1. The van der Waals surface area contributed by atoms with Crippen molar-refractivity contribution < 1.29 is 8.42 Å². The third kappa shape index (κ3) is 4.21. The van der Waals surface area contributed by atoms with Gasteiger partial charge in [0.1, 0.15) is 5.01 Å². The molecule has 0 radical (unpaired) electrons. The molecule has 0 fully saturated rings. The molecule has 0 spiro atoms. The molecule has 1 aromatic carbocycles. The van der Waals surface area contributed by atoms with Gasteiger partial charge < -0.3 is 9.97 Å². The van der Waals surface area contributed by atoms with Crippen LogP contribution < -0.4 is 10.4 Å². The number of nitrogens with zero attached hydrogens (tertiary/aromatic N) is 2. The molecule has 0 aliphatic rings. The van der Waals surface area contributed by atoms with E-state index in [0.29, 0.717) is 16.0 Å². The van der Waals surface area contributed by atoms with Gasteiger partial charge in [-0.3, -0.25) is 4.90 Å². The highest BCUT2D eigenvalue weighted by molar-refractivity contribution is 7.89. The van der Waals surface area contributed by atoms with E-state index in [1.165, 1.54) is 23.5 Å². The summed E-state index contributed by atoms with van der Waals surface area (Å²) in [5.41, 5.74) is 1.59. The van der Waals surface area contributed by atoms with E-state index in [2.05, 4.69) is 38.4 Å². The minimum atomic E-state index is -3.69. The average molecular weight is 396 g/mol. The molecule has 0 saturated heterocycles. The summed E-state index contributed by atoms with van der Waals surface area (Å²) in [5.74, 6) is 0. The zero-order valence-corrected chi connectivity index (χ0v) is 16.2. The van der Waals surface area contributed by atoms with Gasteiger partial charge >= 0.3 is 5.69 Å². The molecule has 3 N–H and O–H groups in total. The zero-order chi connectivity index (χ0) is 18.7. The molecule has 8 nitrogen and oxygen atoms in total. The Balaban J connectivity index is 1.69. The molecule has 26 heavy (non-hydrogen) atoms. The summed E-state index contributed by atoms with van der Waals surface area (Å²) in [6.07, 6.45) is 0. The Morgan fingerprint density at radius 3 is 2.65 bits per heavy atom. The fourth-order valence-corrected chi connectivity index (χ4v) is 4.43. The van der Waals surface area contributed by atoms with Crippen LogP contribution in [0.1, 0.15) is 24.5 Å². The molecular formula is C16H21N5O3S2. The second-order valence-electron chi connectivity index (χ2n) is 5.81. The van der Waals surface area contributed by atoms with Gasteiger partial charge in [0.25, 0.3) is 0 Å². The summed E-state index contributed by atoms with van der Waals surface area (Å²) in [6.45, 7) is 6.97. The Labute approximate surface area is 155 Å². The van der Waals surface area contributed by atoms with Crippen molar-refractivity contribution in [1.29, 1.82) is 0 Å². The van der Waals surface area contributed by atoms with Crippen molar-refractivity contribution in [1.82, 2.24) is 24.6 Å². The molecule has 3 rings (SSSR count). The zero-order valence-electron chi connectivity index (χ0n) is 14.6. The molecule has 0 bridgehead atoms. The molecule has 140 valence electrons. The predicted molar refractivity (Wildman–Crippen MR) is 102 cm³/mol. The number of aromatic amines is 2. The topological polar surface area (TPSA) is 111 Å². The van der Waals surface area contributed by atoms with Gasteiger partial charge in [-0.15, -0.1) is 11.3 Å². The van der Waals surface area contributed by atoms with Gasteiger partial charge in [-0.2, -0.15) is 0 Å². The highest BCUT2D eigenvalue weighted by Gasteiger charge is 2.16. The molecule has 0 aliphatic carbocycles. The summed E-state index contributed by atoms with van der Waals surface area (Å²) in [7, 11) is -3.69. The Morgan fingerprint density at radius 2 is 1.92 bits per heavy atom. The molecule has 10 heteroatoms. The predicted octanol–water partition coefficient (Wildman–Crippen LogP) is 1.63. The first-order valence-electron chi connectivity index (χ1n) is 8.28. The number of aromatic nitrogens is 3. The van der Waals surface area contributed by atoms with Crippen LogP contribution in [0.15, 0.2) is 33.3 Å². The summed E-state index contributed by atoms with van der Waals surface area (Å²) >= 11 is 1.44. The SMILES string of the molecule is CCN(CC)Cc1csc(CNS(=O)(=O)c2ccc3[nH]c(=O)[nH]c3c2)n1. The van der Waals surface area contributed by atoms with Gasteiger partial charge in [-0.1, -0.05) is 13.8 Å². The third-order valence-corrected chi connectivity index (χ3v) is 6.39. The van der Waals surface area contributed by atoms with Crippen molar-refractivity contribution in [2.75, 3.05) is 13.1 Å². The standard InChI is InChI=1S/C16H21N5O3S2/c1-3-21(4-2)9-11-10-25-15(18-11)8-17-26(23,24)12-5-6-13-14(7-12)20-16(22)19-13/h5-7,10,17H,3-4,8-9H2,1-2H3,(H2,19,20,22). The van der Waals surface area contributed by atoms with Gasteiger partial charge in [-0.25, -0.2) is 22.9 Å². The maximum absolute atomic E-state index is 12.5. The Kier molecular flexibility index (Phi) is 5.56. The first kappa shape index (κ1) is 18.8. The van der Waals surface area contributed by atoms with Crippen molar-refractivity contribution in [3.63, 3.8) is 0 Å². The van der Waals surface area contributed by atoms with Crippen LogP contribution >= 0.6 is 11.3 Å². The van der Waals surface area contributed by atoms with Crippen LogP contribution in [0.5, 0.6) is 0 Å². The summed E-state index contributed by atoms with van der Waals surface area (Å²) < 4.78 is 27.5. The average Bonchev–Trinajstić information content (AvgIpc) is 3.22. The third-order valence-electron chi connectivity index (χ3n) is 4.09. The summed E-state index contributed by atoms with van der Waals surface area (Å²) in [4.78, 5) is 23.3. The van der Waals surface area contributed by atoms with Crippen LogP contribution in [-0.2, 0) is 23.1 Å². The van der Waals surface area contributed by atoms with E-state index in [1.54, 1.807) is 6.07 Å².